The number of unbranched alkanes of at least 4 members (excludes halogenated alkanes) is 3. The molecule has 0 aromatic carbocycles. The maximum absolute atomic E-state index is 2.52. The molecule has 0 rings (SSSR count). The Labute approximate surface area is 141 Å². The van der Waals surface area contributed by atoms with Crippen molar-refractivity contribution in [3.8, 4) is 0 Å². The molecule has 0 aromatic heterocycles. The lowest BCUT2D eigenvalue weighted by Gasteiger charge is -2.23. The van der Waals surface area contributed by atoms with Gasteiger partial charge in [-0.15, -0.1) is 0 Å². The second kappa shape index (κ2) is 13.9. The second-order valence-corrected chi connectivity index (χ2v) is 6.20. The van der Waals surface area contributed by atoms with Crippen LogP contribution in [0.3, 0.4) is 0 Å². The van der Waals surface area contributed by atoms with Gasteiger partial charge in [-0.25, -0.2) is 0 Å². The van der Waals surface area contributed by atoms with E-state index >= 15 is 0 Å². The first kappa shape index (κ1) is 21.3. The normalized spacial score (nSPS) is 13.6. The second-order valence-electron chi connectivity index (χ2n) is 6.20. The molecule has 22 heavy (non-hydrogen) atoms. The average Bonchev–Trinajstić information content (AvgIpc) is 2.55. The lowest BCUT2D eigenvalue weighted by molar-refractivity contribution is 0.934. The average molecular weight is 302 g/mol. The van der Waals surface area contributed by atoms with Crippen molar-refractivity contribution >= 4 is 6.71 Å². The van der Waals surface area contributed by atoms with Crippen LogP contribution in [0.2, 0.25) is 0 Å². The minimum atomic E-state index is 0.574. The van der Waals surface area contributed by atoms with Gasteiger partial charge < -0.3 is 0 Å². The molecule has 0 radical (unpaired) electrons. The molecule has 0 N–H and O–H groups in total. The topological polar surface area (TPSA) is 0 Å². The summed E-state index contributed by atoms with van der Waals surface area (Å²) in [5.74, 6) is 0. The van der Waals surface area contributed by atoms with Crippen LogP contribution in [0.15, 0.2) is 34.6 Å². The van der Waals surface area contributed by atoms with Gasteiger partial charge in [-0.3, -0.25) is 0 Å². The molecule has 0 amide bonds. The molecule has 0 spiro atoms. The van der Waals surface area contributed by atoms with Gasteiger partial charge in [-0.1, -0.05) is 95.5 Å². The van der Waals surface area contributed by atoms with Gasteiger partial charge in [0.15, 0.2) is 0 Å². The lowest BCUT2D eigenvalue weighted by Crippen LogP contribution is -2.24. The Bertz CT molecular complexity index is 303. The molecular weight excluding hydrogens is 263 g/mol. The smallest absolute Gasteiger partial charge is 0.0956 e. The zero-order valence-corrected chi connectivity index (χ0v) is 16.2. The molecule has 1 heteroatoms. The molecule has 0 fully saturated rings. The summed E-state index contributed by atoms with van der Waals surface area (Å²) in [7, 11) is 0. The van der Waals surface area contributed by atoms with Crippen LogP contribution in [-0.2, 0) is 0 Å². The van der Waals surface area contributed by atoms with Gasteiger partial charge in [0.05, 0.1) is 0 Å². The van der Waals surface area contributed by atoms with E-state index in [0.29, 0.717) is 6.71 Å². The summed E-state index contributed by atoms with van der Waals surface area (Å²) in [5.41, 5.74) is 4.95. The van der Waals surface area contributed by atoms with Crippen LogP contribution in [0.25, 0.3) is 0 Å². The number of allylic oxidation sites excluding steroid dienone is 6. The maximum atomic E-state index is 2.52. The third kappa shape index (κ3) is 7.52. The van der Waals surface area contributed by atoms with Gasteiger partial charge in [-0.2, -0.15) is 0 Å². The van der Waals surface area contributed by atoms with Crippen molar-refractivity contribution < 1.29 is 0 Å². The first-order valence-corrected chi connectivity index (χ1v) is 9.76. The summed E-state index contributed by atoms with van der Waals surface area (Å²) in [6, 6.07) is 0. The quantitative estimate of drug-likeness (QED) is 0.327. The van der Waals surface area contributed by atoms with Gasteiger partial charge in [0.25, 0.3) is 0 Å². The van der Waals surface area contributed by atoms with Crippen molar-refractivity contribution in [1.29, 1.82) is 0 Å². The molecule has 0 aliphatic carbocycles. The molecule has 0 bridgehead atoms. The highest BCUT2D eigenvalue weighted by molar-refractivity contribution is 6.80. The van der Waals surface area contributed by atoms with Crippen LogP contribution in [-0.4, -0.2) is 6.71 Å². The Morgan fingerprint density at radius 1 is 0.545 bits per heavy atom. The molecule has 0 saturated heterocycles. The Balaban J connectivity index is 5.71. The van der Waals surface area contributed by atoms with Crippen LogP contribution in [0.1, 0.15) is 99.3 Å². The molecule has 126 valence electrons. The van der Waals surface area contributed by atoms with Crippen LogP contribution in [0.4, 0.5) is 0 Å². The lowest BCUT2D eigenvalue weighted by atomic mass is 9.33. The Hall–Kier alpha value is -0.715. The predicted octanol–water partition coefficient (Wildman–Crippen LogP) is 7.51. The van der Waals surface area contributed by atoms with E-state index in [1.165, 1.54) is 57.8 Å². The largest absolute Gasteiger partial charge is 0.227 e. The molecule has 0 aromatic rings. The zero-order chi connectivity index (χ0) is 16.8. The van der Waals surface area contributed by atoms with E-state index in [4.69, 9.17) is 0 Å². The highest BCUT2D eigenvalue weighted by atomic mass is 14.0. The third-order valence-electron chi connectivity index (χ3n) is 4.42. The SMILES string of the molecule is CCC/C=C(\CC)B(/C(=C/CCC)CC)/C(=C/CCC)CC. The molecule has 0 aliphatic rings. The van der Waals surface area contributed by atoms with E-state index in [0.717, 1.165) is 0 Å². The fraction of sp³-hybridized carbons (Fsp3) is 0.714. The molecule has 0 unspecified atom stereocenters. The monoisotopic (exact) mass is 302 g/mol. The molecule has 0 saturated carbocycles. The van der Waals surface area contributed by atoms with E-state index in [1.807, 2.05) is 0 Å². The van der Waals surface area contributed by atoms with Crippen molar-refractivity contribution in [1.82, 2.24) is 0 Å². The first-order chi connectivity index (χ1) is 10.7. The van der Waals surface area contributed by atoms with E-state index in [-0.39, 0.29) is 0 Å². The number of rotatable bonds is 12. The van der Waals surface area contributed by atoms with Crippen LogP contribution >= 0.6 is 0 Å². The first-order valence-electron chi connectivity index (χ1n) is 9.76. The van der Waals surface area contributed by atoms with E-state index in [9.17, 15) is 0 Å². The Morgan fingerprint density at radius 3 is 1.00 bits per heavy atom. The van der Waals surface area contributed by atoms with Crippen molar-refractivity contribution in [2.24, 2.45) is 0 Å². The predicted molar refractivity (Wildman–Crippen MR) is 106 cm³/mol. The van der Waals surface area contributed by atoms with E-state index < -0.39 is 0 Å². The zero-order valence-electron chi connectivity index (χ0n) is 16.2. The van der Waals surface area contributed by atoms with Gasteiger partial charge in [0.2, 0.25) is 6.71 Å². The fourth-order valence-corrected chi connectivity index (χ4v) is 3.10. The summed E-state index contributed by atoms with van der Waals surface area (Å²) < 4.78 is 0. The minimum Gasteiger partial charge on any atom is -0.0956 e. The highest BCUT2D eigenvalue weighted by Crippen LogP contribution is 2.27. The standard InChI is InChI=1S/C21H39B/c1-7-13-16-19(10-4)22(20(11-5)17-14-8-2)21(12-6)18-15-9-3/h16-18H,7-15H2,1-6H3/b19-16+,20-17+,21-18+. The van der Waals surface area contributed by atoms with Crippen LogP contribution in [0, 0.1) is 0 Å². The Morgan fingerprint density at radius 2 is 0.818 bits per heavy atom. The van der Waals surface area contributed by atoms with E-state index in [2.05, 4.69) is 59.8 Å². The molecule has 0 heterocycles. The van der Waals surface area contributed by atoms with Crippen molar-refractivity contribution in [2.75, 3.05) is 0 Å². The van der Waals surface area contributed by atoms with E-state index in [1.54, 1.807) is 16.4 Å². The molecule has 0 atom stereocenters. The molecule has 0 aliphatic heterocycles. The summed E-state index contributed by atoms with van der Waals surface area (Å²) >= 11 is 0. The Kier molecular flexibility index (Phi) is 13.5. The van der Waals surface area contributed by atoms with Crippen molar-refractivity contribution in [2.45, 2.75) is 99.3 Å². The number of hydrogen-bond donors (Lipinski definition) is 0. The minimum absolute atomic E-state index is 0.574. The van der Waals surface area contributed by atoms with Gasteiger partial charge >= 0.3 is 0 Å². The number of hydrogen-bond acceptors (Lipinski definition) is 0. The summed E-state index contributed by atoms with van der Waals surface area (Å²) in [6.07, 6.45) is 18.5. The summed E-state index contributed by atoms with van der Waals surface area (Å²) in [4.78, 5) is 0. The maximum Gasteiger partial charge on any atom is 0.227 e. The van der Waals surface area contributed by atoms with Crippen molar-refractivity contribution in [3.63, 3.8) is 0 Å². The van der Waals surface area contributed by atoms with Crippen LogP contribution < -0.4 is 0 Å². The van der Waals surface area contributed by atoms with Crippen molar-refractivity contribution in [3.05, 3.63) is 34.6 Å². The molecule has 0 nitrogen and oxygen atoms in total. The van der Waals surface area contributed by atoms with Crippen LogP contribution in [0.5, 0.6) is 0 Å². The van der Waals surface area contributed by atoms with Gasteiger partial charge in [0, 0.05) is 0 Å². The molecular formula is C21H39B. The summed E-state index contributed by atoms with van der Waals surface area (Å²) in [6.45, 7) is 14.4. The highest BCUT2D eigenvalue weighted by Gasteiger charge is 2.24. The van der Waals surface area contributed by atoms with Gasteiger partial charge in [0.1, 0.15) is 0 Å². The summed E-state index contributed by atoms with van der Waals surface area (Å²) in [5, 5.41) is 0. The third-order valence-corrected chi connectivity index (χ3v) is 4.42. The fourth-order valence-electron chi connectivity index (χ4n) is 3.10. The van der Waals surface area contributed by atoms with Gasteiger partial charge in [-0.05, 0) is 38.5 Å².